The molecule has 0 saturated heterocycles. The Morgan fingerprint density at radius 2 is 2.09 bits per heavy atom. The van der Waals surface area contributed by atoms with Gasteiger partial charge in [0.15, 0.2) is 0 Å². The van der Waals surface area contributed by atoms with Gasteiger partial charge in [0, 0.05) is 6.54 Å². The van der Waals surface area contributed by atoms with Gasteiger partial charge in [-0.1, -0.05) is 24.3 Å². The van der Waals surface area contributed by atoms with Gasteiger partial charge in [0.1, 0.15) is 0 Å². The molecule has 0 aliphatic heterocycles. The predicted octanol–water partition coefficient (Wildman–Crippen LogP) is 0.868. The van der Waals surface area contributed by atoms with E-state index in [4.69, 9.17) is 5.11 Å². The first-order chi connectivity index (χ1) is 5.33. The Morgan fingerprint density at radius 1 is 1.45 bits per heavy atom. The molecule has 1 radical (unpaired) electrons. The van der Waals surface area contributed by atoms with Crippen molar-refractivity contribution >= 4 is 0 Å². The Hall–Kier alpha value is -0.860. The van der Waals surface area contributed by atoms with Gasteiger partial charge in [-0.3, -0.25) is 4.90 Å². The summed E-state index contributed by atoms with van der Waals surface area (Å²) in [5, 5.41) is 8.71. The van der Waals surface area contributed by atoms with E-state index in [0.29, 0.717) is 0 Å². The van der Waals surface area contributed by atoms with Crippen LogP contribution < -0.4 is 0 Å². The molecule has 2 heteroatoms. The van der Waals surface area contributed by atoms with Crippen molar-refractivity contribution in [3.05, 3.63) is 35.9 Å². The molecule has 2 nitrogen and oxygen atoms in total. The molecule has 0 bridgehead atoms. The fourth-order valence-corrected chi connectivity index (χ4v) is 0.888. The van der Waals surface area contributed by atoms with Gasteiger partial charge in [0.2, 0.25) is 0 Å². The second kappa shape index (κ2) is 4.11. The summed E-state index contributed by atoms with van der Waals surface area (Å²) in [7, 11) is 1.87. The normalized spacial score (nSPS) is 10.5. The predicted molar refractivity (Wildman–Crippen MR) is 43.8 cm³/mol. The molecule has 1 N–H and O–H groups in total. The summed E-state index contributed by atoms with van der Waals surface area (Å²) in [5.41, 5.74) is 1.19. The average molecular weight is 150 g/mol. The molecular weight excluding hydrogens is 138 g/mol. The molecule has 0 saturated carbocycles. The van der Waals surface area contributed by atoms with Crippen LogP contribution in [0.5, 0.6) is 0 Å². The fourth-order valence-electron chi connectivity index (χ4n) is 0.888. The Bertz CT molecular complexity index is 198. The summed E-state index contributed by atoms with van der Waals surface area (Å²) in [6, 6.07) is 10.7. The van der Waals surface area contributed by atoms with Crippen LogP contribution in [-0.2, 0) is 6.54 Å². The van der Waals surface area contributed by atoms with E-state index in [-0.39, 0.29) is 6.73 Å². The van der Waals surface area contributed by atoms with Crippen LogP contribution in [-0.4, -0.2) is 23.8 Å². The first-order valence-corrected chi connectivity index (χ1v) is 3.57. The minimum absolute atomic E-state index is 0.0958. The van der Waals surface area contributed by atoms with Crippen LogP contribution in [0.3, 0.4) is 0 Å². The molecule has 1 aromatic rings. The summed E-state index contributed by atoms with van der Waals surface area (Å²) in [4.78, 5) is 1.83. The van der Waals surface area contributed by atoms with Crippen LogP contribution in [0.15, 0.2) is 24.3 Å². The van der Waals surface area contributed by atoms with Crippen LogP contribution in [0.4, 0.5) is 0 Å². The van der Waals surface area contributed by atoms with Gasteiger partial charge in [-0.25, -0.2) is 0 Å². The lowest BCUT2D eigenvalue weighted by atomic mass is 10.2. The average Bonchev–Trinajstić information content (AvgIpc) is 2.06. The Balaban J connectivity index is 2.51. The molecule has 0 fully saturated rings. The van der Waals surface area contributed by atoms with E-state index in [9.17, 15) is 0 Å². The fraction of sp³-hybridized carbons (Fsp3) is 0.333. The third-order valence-electron chi connectivity index (χ3n) is 1.48. The van der Waals surface area contributed by atoms with Crippen molar-refractivity contribution < 1.29 is 5.11 Å². The monoisotopic (exact) mass is 150 g/mol. The topological polar surface area (TPSA) is 23.5 Å². The number of rotatable bonds is 3. The highest BCUT2D eigenvalue weighted by Gasteiger charge is 1.95. The van der Waals surface area contributed by atoms with Crippen LogP contribution in [0, 0.1) is 6.07 Å². The molecule has 0 heterocycles. The van der Waals surface area contributed by atoms with Gasteiger partial charge in [-0.05, 0) is 18.7 Å². The zero-order chi connectivity index (χ0) is 8.10. The van der Waals surface area contributed by atoms with Crippen molar-refractivity contribution in [3.8, 4) is 0 Å². The van der Waals surface area contributed by atoms with E-state index < -0.39 is 0 Å². The highest BCUT2D eigenvalue weighted by atomic mass is 16.3. The van der Waals surface area contributed by atoms with E-state index in [0.717, 1.165) is 6.54 Å². The Morgan fingerprint density at radius 3 is 2.64 bits per heavy atom. The number of hydrogen-bond acceptors (Lipinski definition) is 2. The van der Waals surface area contributed by atoms with Gasteiger partial charge in [0.05, 0.1) is 6.73 Å². The molecule has 0 aliphatic carbocycles. The van der Waals surface area contributed by atoms with Crippen LogP contribution in [0.2, 0.25) is 0 Å². The number of hydrogen-bond donors (Lipinski definition) is 1. The summed E-state index contributed by atoms with van der Waals surface area (Å²) < 4.78 is 0. The summed E-state index contributed by atoms with van der Waals surface area (Å²) >= 11 is 0. The maximum atomic E-state index is 8.71. The van der Waals surface area contributed by atoms with Crippen molar-refractivity contribution in [3.63, 3.8) is 0 Å². The zero-order valence-electron chi connectivity index (χ0n) is 6.62. The highest BCUT2D eigenvalue weighted by molar-refractivity contribution is 5.13. The second-order valence-electron chi connectivity index (χ2n) is 2.56. The lowest BCUT2D eigenvalue weighted by molar-refractivity contribution is 0.127. The van der Waals surface area contributed by atoms with E-state index in [1.807, 2.05) is 36.2 Å². The van der Waals surface area contributed by atoms with Crippen LogP contribution in [0.1, 0.15) is 5.56 Å². The number of nitrogens with zero attached hydrogens (tertiary/aromatic N) is 1. The summed E-state index contributed by atoms with van der Waals surface area (Å²) in [5.74, 6) is 0. The Labute approximate surface area is 67.1 Å². The molecular formula is C9H12NO. The first-order valence-electron chi connectivity index (χ1n) is 3.57. The SMILES string of the molecule is CN(CO)Cc1cc[c]cc1. The van der Waals surface area contributed by atoms with Crippen molar-refractivity contribution in [2.24, 2.45) is 0 Å². The van der Waals surface area contributed by atoms with Gasteiger partial charge in [-0.15, -0.1) is 0 Å². The second-order valence-corrected chi connectivity index (χ2v) is 2.56. The number of aliphatic hydroxyl groups is 1. The zero-order valence-corrected chi connectivity index (χ0v) is 6.62. The first kappa shape index (κ1) is 8.24. The van der Waals surface area contributed by atoms with E-state index >= 15 is 0 Å². The molecule has 59 valence electrons. The lowest BCUT2D eigenvalue weighted by Crippen LogP contribution is -2.18. The number of benzene rings is 1. The highest BCUT2D eigenvalue weighted by Crippen LogP contribution is 2.00. The molecule has 0 amide bonds. The minimum Gasteiger partial charge on any atom is -0.381 e. The smallest absolute Gasteiger partial charge is 0.0956 e. The standard InChI is InChI=1S/C9H12NO/c1-10(8-11)7-9-5-3-2-4-6-9/h3-6,11H,7-8H2,1H3. The van der Waals surface area contributed by atoms with Crippen molar-refractivity contribution in [2.75, 3.05) is 13.8 Å². The van der Waals surface area contributed by atoms with Crippen molar-refractivity contribution in [1.82, 2.24) is 4.90 Å². The Kier molecular flexibility index (Phi) is 3.08. The summed E-state index contributed by atoms with van der Waals surface area (Å²) in [6.07, 6.45) is 0. The largest absolute Gasteiger partial charge is 0.381 e. The van der Waals surface area contributed by atoms with E-state index in [2.05, 4.69) is 6.07 Å². The maximum absolute atomic E-state index is 8.71. The molecule has 0 spiro atoms. The van der Waals surface area contributed by atoms with E-state index in [1.54, 1.807) is 0 Å². The third-order valence-corrected chi connectivity index (χ3v) is 1.48. The quantitative estimate of drug-likeness (QED) is 0.646. The van der Waals surface area contributed by atoms with Crippen LogP contribution >= 0.6 is 0 Å². The molecule has 1 aromatic carbocycles. The third kappa shape index (κ3) is 2.70. The van der Waals surface area contributed by atoms with Crippen molar-refractivity contribution in [1.29, 1.82) is 0 Å². The minimum atomic E-state index is 0.0958. The van der Waals surface area contributed by atoms with Gasteiger partial charge in [0.25, 0.3) is 0 Å². The molecule has 0 unspecified atom stereocenters. The van der Waals surface area contributed by atoms with Crippen molar-refractivity contribution in [2.45, 2.75) is 6.54 Å². The molecule has 0 aromatic heterocycles. The molecule has 11 heavy (non-hydrogen) atoms. The van der Waals surface area contributed by atoms with Gasteiger partial charge < -0.3 is 5.11 Å². The lowest BCUT2D eigenvalue weighted by Gasteiger charge is -2.11. The maximum Gasteiger partial charge on any atom is 0.0956 e. The van der Waals surface area contributed by atoms with Gasteiger partial charge >= 0.3 is 0 Å². The molecule has 0 aliphatic rings. The molecule has 0 atom stereocenters. The van der Waals surface area contributed by atoms with E-state index in [1.165, 1.54) is 5.56 Å². The van der Waals surface area contributed by atoms with Crippen LogP contribution in [0.25, 0.3) is 0 Å². The summed E-state index contributed by atoms with van der Waals surface area (Å²) in [6.45, 7) is 0.879. The van der Waals surface area contributed by atoms with Gasteiger partial charge in [-0.2, -0.15) is 0 Å². The molecule has 1 rings (SSSR count). The number of aliphatic hydroxyl groups excluding tert-OH is 1.